The fraction of sp³-hybridized carbons (Fsp3) is 0.714. The molecular formula is C14H20N2O3S. The van der Waals surface area contributed by atoms with Crippen LogP contribution in [0.15, 0.2) is 0 Å². The van der Waals surface area contributed by atoms with Gasteiger partial charge in [-0.05, 0) is 25.2 Å². The van der Waals surface area contributed by atoms with E-state index in [-0.39, 0.29) is 17.9 Å². The molecule has 1 N–H and O–H groups in total. The van der Waals surface area contributed by atoms with Crippen LogP contribution in [0.1, 0.15) is 26.2 Å². The van der Waals surface area contributed by atoms with E-state index >= 15 is 0 Å². The Bertz CT molecular complexity index is 431. The monoisotopic (exact) mass is 296 g/mol. The predicted octanol–water partition coefficient (Wildman–Crippen LogP) is 1.69. The highest BCUT2D eigenvalue weighted by Gasteiger charge is 2.43. The van der Waals surface area contributed by atoms with Gasteiger partial charge in [0, 0.05) is 12.3 Å². The summed E-state index contributed by atoms with van der Waals surface area (Å²) in [4.78, 5) is 27.1. The number of thioether (sulfide) groups is 1. The third kappa shape index (κ3) is 3.21. The van der Waals surface area contributed by atoms with E-state index in [2.05, 4.69) is 5.92 Å². The summed E-state index contributed by atoms with van der Waals surface area (Å²) in [6.07, 6.45) is 8.34. The number of urea groups is 1. The Labute approximate surface area is 123 Å². The molecule has 20 heavy (non-hydrogen) atoms. The number of nitrogens with zero attached hydrogens (tertiary/aromatic N) is 2. The molecule has 0 aromatic carbocycles. The summed E-state index contributed by atoms with van der Waals surface area (Å²) in [5, 5.41) is 9.22. The number of hydrogen-bond acceptors (Lipinski definition) is 3. The molecule has 110 valence electrons. The van der Waals surface area contributed by atoms with E-state index in [0.717, 1.165) is 19.3 Å². The largest absolute Gasteiger partial charge is 0.480 e. The summed E-state index contributed by atoms with van der Waals surface area (Å²) in [5.74, 6) is 2.55. The van der Waals surface area contributed by atoms with E-state index in [0.29, 0.717) is 18.2 Å². The Kier molecular flexibility index (Phi) is 4.81. The normalized spacial score (nSPS) is 25.3. The van der Waals surface area contributed by atoms with Crippen molar-refractivity contribution in [2.75, 3.05) is 18.8 Å². The van der Waals surface area contributed by atoms with Gasteiger partial charge in [-0.3, -0.25) is 4.90 Å². The molecule has 2 unspecified atom stereocenters. The third-order valence-corrected chi connectivity index (χ3v) is 5.13. The second-order valence-corrected chi connectivity index (χ2v) is 6.48. The van der Waals surface area contributed by atoms with E-state index in [1.54, 1.807) is 4.90 Å². The van der Waals surface area contributed by atoms with Crippen molar-refractivity contribution in [3.05, 3.63) is 0 Å². The van der Waals surface area contributed by atoms with Crippen LogP contribution in [0.3, 0.4) is 0 Å². The minimum Gasteiger partial charge on any atom is -0.480 e. The number of carboxylic acids is 1. The number of carbonyl (C=O) groups excluding carboxylic acids is 1. The number of amides is 2. The lowest BCUT2D eigenvalue weighted by atomic mass is 10.2. The highest BCUT2D eigenvalue weighted by Crippen LogP contribution is 2.34. The van der Waals surface area contributed by atoms with Gasteiger partial charge in [0.05, 0.1) is 11.9 Å². The molecule has 1 aliphatic heterocycles. The average molecular weight is 296 g/mol. The zero-order valence-corrected chi connectivity index (χ0v) is 12.4. The molecule has 2 amide bonds. The minimum atomic E-state index is -0.936. The van der Waals surface area contributed by atoms with Gasteiger partial charge in [-0.15, -0.1) is 18.2 Å². The first-order chi connectivity index (χ1) is 9.58. The molecule has 2 rings (SSSR count). The molecule has 0 aromatic heterocycles. The van der Waals surface area contributed by atoms with Crippen LogP contribution in [0.4, 0.5) is 4.79 Å². The van der Waals surface area contributed by atoms with Crippen molar-refractivity contribution in [2.45, 2.75) is 37.6 Å². The summed E-state index contributed by atoms with van der Waals surface area (Å²) in [5.41, 5.74) is 0. The van der Waals surface area contributed by atoms with Gasteiger partial charge in [0.25, 0.3) is 0 Å². The molecule has 2 fully saturated rings. The highest BCUT2D eigenvalue weighted by atomic mass is 32.2. The Morgan fingerprint density at radius 2 is 2.20 bits per heavy atom. The molecule has 0 bridgehead atoms. The highest BCUT2D eigenvalue weighted by molar-refractivity contribution is 8.00. The van der Waals surface area contributed by atoms with Crippen molar-refractivity contribution < 1.29 is 14.7 Å². The van der Waals surface area contributed by atoms with Gasteiger partial charge < -0.3 is 10.0 Å². The van der Waals surface area contributed by atoms with E-state index in [4.69, 9.17) is 6.42 Å². The fourth-order valence-electron chi connectivity index (χ4n) is 2.42. The van der Waals surface area contributed by atoms with Crippen molar-refractivity contribution in [3.8, 4) is 12.3 Å². The first-order valence-corrected chi connectivity index (χ1v) is 7.98. The van der Waals surface area contributed by atoms with Crippen molar-refractivity contribution in [3.63, 3.8) is 0 Å². The maximum Gasteiger partial charge on any atom is 0.327 e. The van der Waals surface area contributed by atoms with Crippen LogP contribution in [0.2, 0.25) is 0 Å². The molecule has 6 heteroatoms. The van der Waals surface area contributed by atoms with E-state index in [9.17, 15) is 14.7 Å². The lowest BCUT2D eigenvalue weighted by molar-refractivity contribution is -0.141. The molecule has 0 aromatic rings. The van der Waals surface area contributed by atoms with Crippen molar-refractivity contribution in [1.29, 1.82) is 0 Å². The number of carboxylic acid groups (broad SMARTS) is 1. The standard InChI is InChI=1S/C14H20N2O3S/c1-3-7-15(8-10-5-6-10)14(19)16-11(13(17)18)9-20-12(16)4-2/h1,10-12H,4-9H2,2H3,(H,17,18). The lowest BCUT2D eigenvalue weighted by Crippen LogP contribution is -2.52. The van der Waals surface area contributed by atoms with Crippen LogP contribution >= 0.6 is 11.8 Å². The summed E-state index contributed by atoms with van der Waals surface area (Å²) in [7, 11) is 0. The summed E-state index contributed by atoms with van der Waals surface area (Å²) in [6.45, 7) is 2.86. The third-order valence-electron chi connectivity index (χ3n) is 3.68. The first-order valence-electron chi connectivity index (χ1n) is 6.93. The quantitative estimate of drug-likeness (QED) is 0.784. The van der Waals surface area contributed by atoms with Crippen LogP contribution in [-0.2, 0) is 4.79 Å². The van der Waals surface area contributed by atoms with Crippen LogP contribution < -0.4 is 0 Å². The SMILES string of the molecule is C#CCN(CC1CC1)C(=O)N1C(CC)SCC1C(=O)O. The molecule has 2 atom stereocenters. The molecule has 5 nitrogen and oxygen atoms in total. The summed E-state index contributed by atoms with van der Waals surface area (Å²) >= 11 is 1.53. The average Bonchev–Trinajstić information content (AvgIpc) is 3.12. The van der Waals surface area contributed by atoms with Gasteiger partial charge in [0.15, 0.2) is 0 Å². The van der Waals surface area contributed by atoms with E-state index < -0.39 is 12.0 Å². The van der Waals surface area contributed by atoms with Crippen LogP contribution in [0.5, 0.6) is 0 Å². The number of rotatable bonds is 5. The minimum absolute atomic E-state index is 0.0666. The molecular weight excluding hydrogens is 276 g/mol. The number of carbonyl (C=O) groups is 2. The van der Waals surface area contributed by atoms with Crippen LogP contribution in [0.25, 0.3) is 0 Å². The summed E-state index contributed by atoms with van der Waals surface area (Å²) < 4.78 is 0. The zero-order valence-electron chi connectivity index (χ0n) is 11.6. The molecule has 0 radical (unpaired) electrons. The Balaban J connectivity index is 2.12. The molecule has 1 saturated carbocycles. The van der Waals surface area contributed by atoms with E-state index in [1.807, 2.05) is 6.92 Å². The number of hydrogen-bond donors (Lipinski definition) is 1. The maximum absolute atomic E-state index is 12.7. The van der Waals surface area contributed by atoms with Gasteiger partial charge in [-0.1, -0.05) is 12.8 Å². The number of aliphatic carboxylic acids is 1. The summed E-state index contributed by atoms with van der Waals surface area (Å²) in [6, 6.07) is -0.962. The number of terminal acetylenes is 1. The van der Waals surface area contributed by atoms with Crippen molar-refractivity contribution >= 4 is 23.8 Å². The van der Waals surface area contributed by atoms with Gasteiger partial charge in [-0.25, -0.2) is 9.59 Å². The predicted molar refractivity (Wildman–Crippen MR) is 78.3 cm³/mol. The maximum atomic E-state index is 12.7. The van der Waals surface area contributed by atoms with Crippen molar-refractivity contribution in [2.24, 2.45) is 5.92 Å². The first kappa shape index (κ1) is 15.0. The molecule has 0 spiro atoms. The van der Waals surface area contributed by atoms with Crippen LogP contribution in [0, 0.1) is 18.3 Å². The van der Waals surface area contributed by atoms with Crippen LogP contribution in [-0.4, -0.2) is 57.2 Å². The Morgan fingerprint density at radius 1 is 1.50 bits per heavy atom. The Hall–Kier alpha value is -1.35. The second kappa shape index (κ2) is 6.40. The topological polar surface area (TPSA) is 60.9 Å². The second-order valence-electron chi connectivity index (χ2n) is 5.27. The van der Waals surface area contributed by atoms with Gasteiger partial charge >= 0.3 is 12.0 Å². The van der Waals surface area contributed by atoms with Gasteiger partial charge in [-0.2, -0.15) is 0 Å². The molecule has 2 aliphatic rings. The smallest absolute Gasteiger partial charge is 0.327 e. The van der Waals surface area contributed by atoms with Crippen molar-refractivity contribution in [1.82, 2.24) is 9.80 Å². The van der Waals surface area contributed by atoms with Gasteiger partial charge in [0.2, 0.25) is 0 Å². The zero-order chi connectivity index (χ0) is 14.7. The lowest BCUT2D eigenvalue weighted by Gasteiger charge is -2.32. The van der Waals surface area contributed by atoms with E-state index in [1.165, 1.54) is 16.7 Å². The molecule has 1 saturated heterocycles. The Morgan fingerprint density at radius 3 is 2.70 bits per heavy atom. The molecule has 1 aliphatic carbocycles. The molecule has 1 heterocycles. The fourth-order valence-corrected chi connectivity index (χ4v) is 3.76. The van der Waals surface area contributed by atoms with Gasteiger partial charge in [0.1, 0.15) is 6.04 Å².